The molecule has 0 saturated heterocycles. The van der Waals surface area contributed by atoms with E-state index in [-0.39, 0.29) is 0 Å². The number of methoxy groups -OCH3 is 1. The van der Waals surface area contributed by atoms with Crippen molar-refractivity contribution in [3.8, 4) is 0 Å². The first-order chi connectivity index (χ1) is 9.35. The molecule has 1 aliphatic carbocycles. The first-order valence-corrected chi connectivity index (χ1v) is 7.72. The van der Waals surface area contributed by atoms with E-state index in [1.165, 1.54) is 48.8 Å². The molecule has 0 radical (unpaired) electrons. The van der Waals surface area contributed by atoms with Crippen LogP contribution >= 0.6 is 11.6 Å². The topological polar surface area (TPSA) is 9.23 Å². The van der Waals surface area contributed by atoms with Gasteiger partial charge in [-0.1, -0.05) is 55.2 Å². The van der Waals surface area contributed by atoms with Crippen molar-refractivity contribution >= 4 is 17.7 Å². The minimum atomic E-state index is 0.645. The van der Waals surface area contributed by atoms with Gasteiger partial charge in [-0.2, -0.15) is 0 Å². The number of benzene rings is 1. The molecule has 0 amide bonds. The number of ether oxygens (including phenoxy) is 1. The van der Waals surface area contributed by atoms with Crippen LogP contribution in [0.1, 0.15) is 43.2 Å². The third-order valence-corrected chi connectivity index (χ3v) is 4.29. The lowest BCUT2D eigenvalue weighted by molar-refractivity contribution is 0.184. The second-order valence-electron chi connectivity index (χ2n) is 5.32. The summed E-state index contributed by atoms with van der Waals surface area (Å²) in [4.78, 5) is 0. The molecular weight excluding hydrogens is 256 g/mol. The van der Waals surface area contributed by atoms with Crippen molar-refractivity contribution in [2.24, 2.45) is 5.92 Å². The molecule has 104 valence electrons. The van der Waals surface area contributed by atoms with Crippen molar-refractivity contribution in [2.75, 3.05) is 13.0 Å². The summed E-state index contributed by atoms with van der Waals surface area (Å²) in [5.41, 5.74) is 3.89. The number of halogens is 1. The summed E-state index contributed by atoms with van der Waals surface area (Å²) < 4.78 is 5.27. The Morgan fingerprint density at radius 2 is 2.00 bits per heavy atom. The van der Waals surface area contributed by atoms with E-state index >= 15 is 0 Å². The minimum Gasteiger partial charge on any atom is -0.380 e. The van der Waals surface area contributed by atoms with Crippen LogP contribution in [0.4, 0.5) is 0 Å². The number of alkyl halides is 1. The van der Waals surface area contributed by atoms with E-state index in [1.54, 1.807) is 7.11 Å². The van der Waals surface area contributed by atoms with Crippen LogP contribution in [-0.4, -0.2) is 13.0 Å². The standard InChI is InChI=1S/C17H23ClO/c1-19-13-16-10-6-5-9-15(16)11-17(12-18)14-7-3-2-4-8-14/h5-6,9-11,14H,2-4,7-8,12-13H2,1H3. The van der Waals surface area contributed by atoms with Gasteiger partial charge in [0.2, 0.25) is 0 Å². The molecule has 0 aliphatic heterocycles. The molecule has 1 fully saturated rings. The van der Waals surface area contributed by atoms with Crippen LogP contribution < -0.4 is 0 Å². The van der Waals surface area contributed by atoms with Gasteiger partial charge >= 0.3 is 0 Å². The summed E-state index contributed by atoms with van der Waals surface area (Å²) in [5.74, 6) is 1.33. The highest BCUT2D eigenvalue weighted by atomic mass is 35.5. The summed E-state index contributed by atoms with van der Waals surface area (Å²) in [7, 11) is 1.74. The molecule has 0 unspecified atom stereocenters. The zero-order valence-electron chi connectivity index (χ0n) is 11.7. The summed E-state index contributed by atoms with van der Waals surface area (Å²) in [5, 5.41) is 0. The number of hydrogen-bond acceptors (Lipinski definition) is 1. The first-order valence-electron chi connectivity index (χ1n) is 7.18. The van der Waals surface area contributed by atoms with E-state index in [4.69, 9.17) is 16.3 Å². The monoisotopic (exact) mass is 278 g/mol. The maximum atomic E-state index is 6.18. The van der Waals surface area contributed by atoms with Gasteiger partial charge < -0.3 is 4.74 Å². The van der Waals surface area contributed by atoms with Crippen LogP contribution in [0.5, 0.6) is 0 Å². The molecule has 2 rings (SSSR count). The Labute approximate surface area is 121 Å². The largest absolute Gasteiger partial charge is 0.380 e. The summed E-state index contributed by atoms with van der Waals surface area (Å²) in [6, 6.07) is 8.43. The van der Waals surface area contributed by atoms with Crippen molar-refractivity contribution in [3.05, 3.63) is 41.0 Å². The molecule has 0 spiro atoms. The molecule has 1 aliphatic rings. The maximum absolute atomic E-state index is 6.18. The molecule has 0 bridgehead atoms. The normalized spacial score (nSPS) is 17.7. The van der Waals surface area contributed by atoms with Gasteiger partial charge in [0.15, 0.2) is 0 Å². The predicted octanol–water partition coefficient (Wildman–Crippen LogP) is 5.04. The molecule has 19 heavy (non-hydrogen) atoms. The average molecular weight is 279 g/mol. The van der Waals surface area contributed by atoms with E-state index in [0.717, 1.165) is 0 Å². The third kappa shape index (κ3) is 4.09. The Morgan fingerprint density at radius 3 is 2.68 bits per heavy atom. The van der Waals surface area contributed by atoms with E-state index < -0.39 is 0 Å². The molecule has 1 aromatic rings. The number of allylic oxidation sites excluding steroid dienone is 1. The van der Waals surface area contributed by atoms with Gasteiger partial charge in [0.1, 0.15) is 0 Å². The maximum Gasteiger partial charge on any atom is 0.0718 e. The second kappa shape index (κ2) is 7.72. The van der Waals surface area contributed by atoms with Crippen LogP contribution in [0.3, 0.4) is 0 Å². The zero-order chi connectivity index (χ0) is 13.5. The molecule has 0 heterocycles. The van der Waals surface area contributed by atoms with E-state index in [1.807, 2.05) is 0 Å². The molecule has 0 N–H and O–H groups in total. The smallest absolute Gasteiger partial charge is 0.0718 e. The highest BCUT2D eigenvalue weighted by Crippen LogP contribution is 2.31. The fourth-order valence-corrected chi connectivity index (χ4v) is 3.20. The zero-order valence-corrected chi connectivity index (χ0v) is 12.5. The second-order valence-corrected chi connectivity index (χ2v) is 5.59. The molecule has 1 saturated carbocycles. The Balaban J connectivity index is 2.21. The van der Waals surface area contributed by atoms with Crippen molar-refractivity contribution in [1.29, 1.82) is 0 Å². The lowest BCUT2D eigenvalue weighted by Gasteiger charge is -2.23. The van der Waals surface area contributed by atoms with Crippen LogP contribution in [0.25, 0.3) is 6.08 Å². The molecule has 0 atom stereocenters. The van der Waals surface area contributed by atoms with Gasteiger partial charge in [-0.25, -0.2) is 0 Å². The van der Waals surface area contributed by atoms with Gasteiger partial charge in [-0.05, 0) is 29.9 Å². The Hall–Kier alpha value is -0.790. The van der Waals surface area contributed by atoms with E-state index in [9.17, 15) is 0 Å². The van der Waals surface area contributed by atoms with Crippen LogP contribution in [-0.2, 0) is 11.3 Å². The molecule has 1 nitrogen and oxygen atoms in total. The average Bonchev–Trinajstić information content (AvgIpc) is 2.47. The van der Waals surface area contributed by atoms with Gasteiger partial charge in [0.05, 0.1) is 6.61 Å². The van der Waals surface area contributed by atoms with Crippen molar-refractivity contribution in [1.82, 2.24) is 0 Å². The third-order valence-electron chi connectivity index (χ3n) is 3.98. The Morgan fingerprint density at radius 1 is 1.26 bits per heavy atom. The lowest BCUT2D eigenvalue weighted by atomic mass is 9.83. The summed E-state index contributed by atoms with van der Waals surface area (Å²) in [6.07, 6.45) is 8.96. The highest BCUT2D eigenvalue weighted by Gasteiger charge is 2.17. The number of hydrogen-bond donors (Lipinski definition) is 0. The molecule has 0 aromatic heterocycles. The molecule has 1 aromatic carbocycles. The lowest BCUT2D eigenvalue weighted by Crippen LogP contribution is -2.10. The van der Waals surface area contributed by atoms with Gasteiger partial charge in [-0.15, -0.1) is 11.6 Å². The van der Waals surface area contributed by atoms with Crippen LogP contribution in [0.2, 0.25) is 0 Å². The quantitative estimate of drug-likeness (QED) is 0.686. The Bertz CT molecular complexity index is 419. The van der Waals surface area contributed by atoms with Gasteiger partial charge in [0, 0.05) is 13.0 Å². The fourth-order valence-electron chi connectivity index (χ4n) is 2.90. The SMILES string of the molecule is COCc1ccccc1C=C(CCl)C1CCCCC1. The van der Waals surface area contributed by atoms with Crippen molar-refractivity contribution in [2.45, 2.75) is 38.7 Å². The molecule has 2 heteroatoms. The van der Waals surface area contributed by atoms with Crippen LogP contribution in [0.15, 0.2) is 29.8 Å². The first kappa shape index (κ1) is 14.6. The van der Waals surface area contributed by atoms with E-state index in [0.29, 0.717) is 18.4 Å². The van der Waals surface area contributed by atoms with Crippen molar-refractivity contribution < 1.29 is 4.74 Å². The summed E-state index contributed by atoms with van der Waals surface area (Å²) >= 11 is 6.18. The fraction of sp³-hybridized carbons (Fsp3) is 0.529. The highest BCUT2D eigenvalue weighted by molar-refractivity contribution is 6.19. The summed E-state index contributed by atoms with van der Waals surface area (Å²) in [6.45, 7) is 0.660. The molecular formula is C17H23ClO. The predicted molar refractivity (Wildman–Crippen MR) is 82.4 cm³/mol. The Kier molecular flexibility index (Phi) is 5.93. The minimum absolute atomic E-state index is 0.645. The van der Waals surface area contributed by atoms with Crippen LogP contribution in [0, 0.1) is 5.92 Å². The van der Waals surface area contributed by atoms with E-state index in [2.05, 4.69) is 30.3 Å². The number of rotatable bonds is 5. The van der Waals surface area contributed by atoms with Gasteiger partial charge in [0.25, 0.3) is 0 Å². The van der Waals surface area contributed by atoms with Crippen molar-refractivity contribution in [3.63, 3.8) is 0 Å². The van der Waals surface area contributed by atoms with Gasteiger partial charge in [-0.3, -0.25) is 0 Å².